The molecule has 160 valence electrons. The van der Waals surface area contributed by atoms with Crippen LogP contribution in [0.25, 0.3) is 10.9 Å². The van der Waals surface area contributed by atoms with Crippen LogP contribution in [0.2, 0.25) is 0 Å². The molecule has 9 heteroatoms. The molecule has 0 amide bonds. The van der Waals surface area contributed by atoms with Crippen LogP contribution in [0.4, 0.5) is 5.69 Å². The zero-order valence-electron chi connectivity index (χ0n) is 16.9. The molecule has 0 spiro atoms. The molecule has 0 unspecified atom stereocenters. The minimum absolute atomic E-state index is 0.106. The summed E-state index contributed by atoms with van der Waals surface area (Å²) in [5, 5.41) is 21.5. The topological polar surface area (TPSA) is 115 Å². The van der Waals surface area contributed by atoms with E-state index in [1.54, 1.807) is 12.1 Å². The molecule has 0 fully saturated rings. The lowest BCUT2D eigenvalue weighted by molar-refractivity contribution is -0.385. The molecule has 1 aromatic heterocycles. The van der Waals surface area contributed by atoms with Gasteiger partial charge in [-0.25, -0.2) is 9.78 Å². The Morgan fingerprint density at radius 1 is 1.12 bits per heavy atom. The first-order valence-electron chi connectivity index (χ1n) is 9.58. The van der Waals surface area contributed by atoms with E-state index >= 15 is 0 Å². The summed E-state index contributed by atoms with van der Waals surface area (Å²) in [4.78, 5) is 40.5. The maximum absolute atomic E-state index is 13.4. The SMILES string of the molecule is Cc1ccc2nc(Sc3cc([N+](=O)[O-])ccc3C(=O)O)n(Cc3ccccc3)c(=O)c2c1. The molecule has 1 N–H and O–H groups in total. The Bertz CT molecular complexity index is 1420. The van der Waals surface area contributed by atoms with Crippen molar-refractivity contribution in [2.45, 2.75) is 23.5 Å². The molecule has 0 aliphatic rings. The van der Waals surface area contributed by atoms with Gasteiger partial charge in [0.1, 0.15) is 0 Å². The zero-order valence-corrected chi connectivity index (χ0v) is 17.7. The van der Waals surface area contributed by atoms with Gasteiger partial charge < -0.3 is 5.11 Å². The van der Waals surface area contributed by atoms with E-state index in [4.69, 9.17) is 0 Å². The highest BCUT2D eigenvalue weighted by Gasteiger charge is 2.20. The number of rotatable bonds is 6. The lowest BCUT2D eigenvalue weighted by Crippen LogP contribution is -2.24. The van der Waals surface area contributed by atoms with Crippen molar-refractivity contribution in [3.8, 4) is 0 Å². The van der Waals surface area contributed by atoms with Gasteiger partial charge in [0, 0.05) is 17.0 Å². The van der Waals surface area contributed by atoms with Gasteiger partial charge in [0.05, 0.1) is 27.9 Å². The Morgan fingerprint density at radius 3 is 2.56 bits per heavy atom. The summed E-state index contributed by atoms with van der Waals surface area (Å²) in [5.41, 5.74) is 1.62. The molecule has 8 nitrogen and oxygen atoms in total. The van der Waals surface area contributed by atoms with E-state index < -0.39 is 10.9 Å². The second-order valence-corrected chi connectivity index (χ2v) is 8.15. The summed E-state index contributed by atoms with van der Waals surface area (Å²) in [6, 6.07) is 18.2. The van der Waals surface area contributed by atoms with Crippen molar-refractivity contribution in [2.24, 2.45) is 0 Å². The van der Waals surface area contributed by atoms with Crippen LogP contribution in [0.3, 0.4) is 0 Å². The molecular weight excluding hydrogens is 430 g/mol. The van der Waals surface area contributed by atoms with E-state index in [0.717, 1.165) is 29.0 Å². The van der Waals surface area contributed by atoms with Gasteiger partial charge in [-0.1, -0.05) is 53.7 Å². The zero-order chi connectivity index (χ0) is 22.8. The van der Waals surface area contributed by atoms with Crippen molar-refractivity contribution in [1.29, 1.82) is 0 Å². The summed E-state index contributed by atoms with van der Waals surface area (Å²) in [7, 11) is 0. The number of hydrogen-bond donors (Lipinski definition) is 1. The Hall–Kier alpha value is -3.98. The minimum Gasteiger partial charge on any atom is -0.478 e. The number of aryl methyl sites for hydroxylation is 1. The van der Waals surface area contributed by atoms with Crippen molar-refractivity contribution in [2.75, 3.05) is 0 Å². The normalized spacial score (nSPS) is 10.9. The number of carboxylic acids is 1. The predicted molar refractivity (Wildman–Crippen MR) is 120 cm³/mol. The lowest BCUT2D eigenvalue weighted by Gasteiger charge is -2.14. The van der Waals surface area contributed by atoms with E-state index in [9.17, 15) is 24.8 Å². The van der Waals surface area contributed by atoms with Crippen LogP contribution >= 0.6 is 11.8 Å². The Morgan fingerprint density at radius 2 is 1.88 bits per heavy atom. The molecule has 0 aliphatic carbocycles. The molecule has 0 atom stereocenters. The fraction of sp³-hybridized carbons (Fsp3) is 0.0870. The molecular formula is C23H17N3O5S. The number of benzene rings is 3. The van der Waals surface area contributed by atoms with E-state index in [1.165, 1.54) is 16.7 Å². The highest BCUT2D eigenvalue weighted by Crippen LogP contribution is 2.33. The molecule has 1 heterocycles. The molecule has 4 rings (SSSR count). The van der Waals surface area contributed by atoms with Gasteiger partial charge >= 0.3 is 5.97 Å². The van der Waals surface area contributed by atoms with Gasteiger partial charge in [-0.05, 0) is 30.7 Å². The molecule has 0 radical (unpaired) electrons. The van der Waals surface area contributed by atoms with Crippen molar-refractivity contribution >= 4 is 34.3 Å². The van der Waals surface area contributed by atoms with Gasteiger partial charge in [-0.15, -0.1) is 0 Å². The number of carboxylic acid groups (broad SMARTS) is 1. The van der Waals surface area contributed by atoms with Crippen LogP contribution in [0, 0.1) is 17.0 Å². The van der Waals surface area contributed by atoms with Gasteiger partial charge in [0.15, 0.2) is 5.16 Å². The van der Waals surface area contributed by atoms with Crippen LogP contribution in [0.15, 0.2) is 81.6 Å². The largest absolute Gasteiger partial charge is 0.478 e. The number of carbonyl (C=O) groups is 1. The highest BCUT2D eigenvalue weighted by molar-refractivity contribution is 7.99. The fourth-order valence-electron chi connectivity index (χ4n) is 3.28. The monoisotopic (exact) mass is 447 g/mol. The second kappa shape index (κ2) is 8.64. The third kappa shape index (κ3) is 4.23. The maximum atomic E-state index is 13.4. The molecule has 3 aromatic carbocycles. The quantitative estimate of drug-likeness (QED) is 0.263. The predicted octanol–water partition coefficient (Wildman–Crippen LogP) is 4.51. The standard InChI is InChI=1S/C23H17N3O5S/c1-14-7-10-19-18(11-14)21(27)25(13-15-5-3-2-4-6-15)23(24-19)32-20-12-16(26(30)31)8-9-17(20)22(28)29/h2-12H,13H2,1H3,(H,28,29). The molecule has 0 aliphatic heterocycles. The molecule has 0 bridgehead atoms. The van der Waals surface area contributed by atoms with Crippen molar-refractivity contribution in [3.05, 3.63) is 104 Å². The van der Waals surface area contributed by atoms with Crippen LogP contribution < -0.4 is 5.56 Å². The summed E-state index contributed by atoms with van der Waals surface area (Å²) in [6.45, 7) is 2.10. The molecule has 0 saturated carbocycles. The number of hydrogen-bond acceptors (Lipinski definition) is 6. The van der Waals surface area contributed by atoms with Gasteiger partial charge in [-0.2, -0.15) is 0 Å². The van der Waals surface area contributed by atoms with E-state index in [-0.39, 0.29) is 33.4 Å². The number of nitrogens with zero attached hydrogens (tertiary/aromatic N) is 3. The van der Waals surface area contributed by atoms with E-state index in [1.807, 2.05) is 43.3 Å². The third-order valence-corrected chi connectivity index (χ3v) is 5.92. The highest BCUT2D eigenvalue weighted by atomic mass is 32.2. The van der Waals surface area contributed by atoms with E-state index in [2.05, 4.69) is 4.98 Å². The smallest absolute Gasteiger partial charge is 0.336 e. The Kier molecular flexibility index (Phi) is 5.74. The van der Waals surface area contributed by atoms with Crippen LogP contribution in [0.1, 0.15) is 21.5 Å². The van der Waals surface area contributed by atoms with Crippen LogP contribution in [-0.2, 0) is 6.54 Å². The fourth-order valence-corrected chi connectivity index (χ4v) is 4.33. The summed E-state index contributed by atoms with van der Waals surface area (Å²) in [5.74, 6) is -1.23. The first kappa shape index (κ1) is 21.3. The van der Waals surface area contributed by atoms with Gasteiger partial charge in [-0.3, -0.25) is 19.5 Å². The first-order valence-corrected chi connectivity index (χ1v) is 10.4. The minimum atomic E-state index is -1.23. The van der Waals surface area contributed by atoms with Crippen molar-refractivity contribution in [1.82, 2.24) is 9.55 Å². The van der Waals surface area contributed by atoms with Gasteiger partial charge in [0.25, 0.3) is 11.2 Å². The Labute approximate surface area is 186 Å². The van der Waals surface area contributed by atoms with E-state index in [0.29, 0.717) is 10.9 Å². The second-order valence-electron chi connectivity index (χ2n) is 7.14. The number of aromatic carboxylic acids is 1. The van der Waals surface area contributed by atoms with Gasteiger partial charge in [0.2, 0.25) is 0 Å². The first-order chi connectivity index (χ1) is 15.3. The Balaban J connectivity index is 1.92. The summed E-state index contributed by atoms with van der Waals surface area (Å²) < 4.78 is 1.46. The van der Waals surface area contributed by atoms with Crippen molar-refractivity contribution < 1.29 is 14.8 Å². The number of nitro benzene ring substituents is 1. The average Bonchev–Trinajstić information content (AvgIpc) is 2.77. The van der Waals surface area contributed by atoms with Crippen molar-refractivity contribution in [3.63, 3.8) is 0 Å². The number of nitro groups is 1. The summed E-state index contributed by atoms with van der Waals surface area (Å²) >= 11 is 0.920. The van der Waals surface area contributed by atoms with Crippen LogP contribution in [-0.4, -0.2) is 25.6 Å². The number of non-ortho nitro benzene ring substituents is 1. The number of fused-ring (bicyclic) bond motifs is 1. The molecule has 4 aromatic rings. The number of aromatic nitrogens is 2. The lowest BCUT2D eigenvalue weighted by atomic mass is 10.1. The maximum Gasteiger partial charge on any atom is 0.336 e. The molecule has 32 heavy (non-hydrogen) atoms. The average molecular weight is 447 g/mol. The molecule has 0 saturated heterocycles. The third-order valence-electron chi connectivity index (χ3n) is 4.87. The summed E-state index contributed by atoms with van der Waals surface area (Å²) in [6.07, 6.45) is 0. The van der Waals surface area contributed by atoms with Crippen LogP contribution in [0.5, 0.6) is 0 Å².